The first-order chi connectivity index (χ1) is 12.0. The minimum absolute atomic E-state index is 0.00468. The number of halogens is 2. The number of fused-ring (bicyclic) bond motifs is 1. The van der Waals surface area contributed by atoms with Gasteiger partial charge in [0.15, 0.2) is 6.61 Å². The van der Waals surface area contributed by atoms with Gasteiger partial charge in [0.25, 0.3) is 5.91 Å². The van der Waals surface area contributed by atoms with Crippen molar-refractivity contribution in [1.82, 2.24) is 5.32 Å². The Bertz CT molecular complexity index is 484. The van der Waals surface area contributed by atoms with Crippen LogP contribution >= 0.6 is 11.6 Å². The molecule has 6 nitrogen and oxygen atoms in total. The van der Waals surface area contributed by atoms with Crippen molar-refractivity contribution in [3.8, 4) is 0 Å². The molecule has 3 rings (SSSR count). The van der Waals surface area contributed by atoms with Crippen LogP contribution in [0.2, 0.25) is 0 Å². The molecule has 1 N–H and O–H groups in total. The molecule has 142 valence electrons. The summed E-state index contributed by atoms with van der Waals surface area (Å²) in [5, 5.41) is 2.50. The third-order valence-electron chi connectivity index (χ3n) is 5.32. The van der Waals surface area contributed by atoms with E-state index in [0.29, 0.717) is 26.1 Å². The number of nitrogens with one attached hydrogen (secondary N) is 1. The molecule has 25 heavy (non-hydrogen) atoms. The summed E-state index contributed by atoms with van der Waals surface area (Å²) < 4.78 is 29.8. The molecular weight excluding hydrogens is 353 g/mol. The van der Waals surface area contributed by atoms with Crippen LogP contribution in [0.4, 0.5) is 4.39 Å². The van der Waals surface area contributed by atoms with Crippen molar-refractivity contribution in [1.29, 1.82) is 0 Å². The second kappa shape index (κ2) is 8.64. The van der Waals surface area contributed by atoms with E-state index in [9.17, 15) is 14.0 Å². The van der Waals surface area contributed by atoms with Crippen LogP contribution in [0.1, 0.15) is 44.9 Å². The summed E-state index contributed by atoms with van der Waals surface area (Å²) in [7, 11) is 0. The van der Waals surface area contributed by atoms with Crippen LogP contribution in [0, 0.1) is 5.92 Å². The van der Waals surface area contributed by atoms with Crippen LogP contribution in [-0.2, 0) is 23.8 Å². The molecule has 8 heteroatoms. The molecular formula is C17H25ClFNO5. The van der Waals surface area contributed by atoms with Crippen molar-refractivity contribution in [2.45, 2.75) is 74.7 Å². The van der Waals surface area contributed by atoms with E-state index >= 15 is 0 Å². The molecule has 0 aromatic heterocycles. The van der Waals surface area contributed by atoms with E-state index in [0.717, 1.165) is 19.3 Å². The SMILES string of the molecule is O=C(COC(=O)CC1C(F)CCCC1Cl)NC1CCC2OCOC2C1. The second-order valence-corrected chi connectivity index (χ2v) is 7.66. The molecule has 0 bridgehead atoms. The van der Waals surface area contributed by atoms with Gasteiger partial charge in [0.1, 0.15) is 13.0 Å². The van der Waals surface area contributed by atoms with E-state index in [-0.39, 0.29) is 42.6 Å². The first kappa shape index (κ1) is 18.9. The number of rotatable bonds is 5. The quantitative estimate of drug-likeness (QED) is 0.586. The lowest BCUT2D eigenvalue weighted by molar-refractivity contribution is -0.150. The molecule has 2 aliphatic carbocycles. The molecule has 1 amide bonds. The smallest absolute Gasteiger partial charge is 0.306 e. The van der Waals surface area contributed by atoms with Gasteiger partial charge in [-0.05, 0) is 38.5 Å². The number of carbonyl (C=O) groups excluding carboxylic acids is 2. The van der Waals surface area contributed by atoms with E-state index in [1.54, 1.807) is 0 Å². The van der Waals surface area contributed by atoms with Gasteiger partial charge in [-0.15, -0.1) is 11.6 Å². The number of carbonyl (C=O) groups is 2. The predicted octanol–water partition coefficient (Wildman–Crippen LogP) is 2.08. The number of alkyl halides is 2. The summed E-state index contributed by atoms with van der Waals surface area (Å²) in [6.07, 6.45) is 3.20. The summed E-state index contributed by atoms with van der Waals surface area (Å²) in [5.74, 6) is -1.45. The third-order valence-corrected chi connectivity index (χ3v) is 5.86. The summed E-state index contributed by atoms with van der Waals surface area (Å²) in [4.78, 5) is 23.9. The fourth-order valence-electron chi connectivity index (χ4n) is 3.90. The maximum Gasteiger partial charge on any atom is 0.306 e. The molecule has 1 aliphatic heterocycles. The first-order valence-corrected chi connectivity index (χ1v) is 9.43. The molecule has 3 aliphatic rings. The van der Waals surface area contributed by atoms with Gasteiger partial charge in [0.2, 0.25) is 0 Å². The Morgan fingerprint density at radius 3 is 2.76 bits per heavy atom. The molecule has 3 fully saturated rings. The molecule has 6 atom stereocenters. The topological polar surface area (TPSA) is 73.9 Å². The number of hydrogen-bond acceptors (Lipinski definition) is 5. The van der Waals surface area contributed by atoms with Gasteiger partial charge in [-0.3, -0.25) is 9.59 Å². The fourth-order valence-corrected chi connectivity index (χ4v) is 4.30. The van der Waals surface area contributed by atoms with Crippen molar-refractivity contribution in [2.75, 3.05) is 13.4 Å². The normalized spacial score (nSPS) is 38.0. The van der Waals surface area contributed by atoms with Gasteiger partial charge in [0.05, 0.1) is 18.6 Å². The molecule has 6 unspecified atom stereocenters. The maximum atomic E-state index is 13.9. The van der Waals surface area contributed by atoms with Gasteiger partial charge in [-0.2, -0.15) is 0 Å². The Labute approximate surface area is 151 Å². The van der Waals surface area contributed by atoms with Gasteiger partial charge in [0, 0.05) is 17.3 Å². The van der Waals surface area contributed by atoms with E-state index < -0.39 is 18.1 Å². The van der Waals surface area contributed by atoms with Crippen LogP contribution in [0.25, 0.3) is 0 Å². The molecule has 0 aromatic carbocycles. The minimum Gasteiger partial charge on any atom is -0.456 e. The maximum absolute atomic E-state index is 13.9. The molecule has 1 heterocycles. The molecule has 2 saturated carbocycles. The van der Waals surface area contributed by atoms with Crippen molar-refractivity contribution < 1.29 is 28.2 Å². The van der Waals surface area contributed by atoms with Crippen molar-refractivity contribution >= 4 is 23.5 Å². The second-order valence-electron chi connectivity index (χ2n) is 7.10. The van der Waals surface area contributed by atoms with Crippen molar-refractivity contribution in [2.24, 2.45) is 5.92 Å². The van der Waals surface area contributed by atoms with Gasteiger partial charge < -0.3 is 19.5 Å². The van der Waals surface area contributed by atoms with Crippen LogP contribution in [-0.4, -0.2) is 55.1 Å². The van der Waals surface area contributed by atoms with Crippen LogP contribution in [0.15, 0.2) is 0 Å². The number of ether oxygens (including phenoxy) is 3. The van der Waals surface area contributed by atoms with Gasteiger partial charge >= 0.3 is 5.97 Å². The number of esters is 1. The Morgan fingerprint density at radius 1 is 1.16 bits per heavy atom. The predicted molar refractivity (Wildman–Crippen MR) is 87.8 cm³/mol. The minimum atomic E-state index is -1.08. The summed E-state index contributed by atoms with van der Waals surface area (Å²) in [6, 6.07) is -0.00468. The van der Waals surface area contributed by atoms with Crippen LogP contribution < -0.4 is 5.32 Å². The Balaban J connectivity index is 1.36. The van der Waals surface area contributed by atoms with Gasteiger partial charge in [-0.1, -0.05) is 0 Å². The fraction of sp³-hybridized carbons (Fsp3) is 0.882. The molecule has 0 radical (unpaired) electrons. The lowest BCUT2D eigenvalue weighted by Gasteiger charge is -2.30. The van der Waals surface area contributed by atoms with Crippen molar-refractivity contribution in [3.05, 3.63) is 0 Å². The van der Waals surface area contributed by atoms with Crippen molar-refractivity contribution in [3.63, 3.8) is 0 Å². The highest BCUT2D eigenvalue weighted by Crippen LogP contribution is 2.33. The summed E-state index contributed by atoms with van der Waals surface area (Å²) in [6.45, 7) is -0.0384. The summed E-state index contributed by atoms with van der Waals surface area (Å²) in [5.41, 5.74) is 0. The Kier molecular flexibility index (Phi) is 6.52. The van der Waals surface area contributed by atoms with E-state index in [2.05, 4.69) is 5.32 Å². The highest BCUT2D eigenvalue weighted by Gasteiger charge is 2.37. The highest BCUT2D eigenvalue weighted by atomic mass is 35.5. The molecule has 0 spiro atoms. The van der Waals surface area contributed by atoms with E-state index in [1.807, 2.05) is 0 Å². The van der Waals surface area contributed by atoms with Crippen LogP contribution in [0.5, 0.6) is 0 Å². The average Bonchev–Trinajstić information content (AvgIpc) is 3.04. The van der Waals surface area contributed by atoms with Crippen LogP contribution in [0.3, 0.4) is 0 Å². The largest absolute Gasteiger partial charge is 0.456 e. The lowest BCUT2D eigenvalue weighted by Crippen LogP contribution is -2.45. The molecule has 0 aromatic rings. The lowest BCUT2D eigenvalue weighted by atomic mass is 9.85. The van der Waals surface area contributed by atoms with Gasteiger partial charge in [-0.25, -0.2) is 4.39 Å². The van der Waals surface area contributed by atoms with E-state index in [4.69, 9.17) is 25.8 Å². The zero-order valence-electron chi connectivity index (χ0n) is 14.1. The average molecular weight is 378 g/mol. The zero-order valence-corrected chi connectivity index (χ0v) is 14.9. The zero-order chi connectivity index (χ0) is 17.8. The van der Waals surface area contributed by atoms with E-state index in [1.165, 1.54) is 0 Å². The Morgan fingerprint density at radius 2 is 1.96 bits per heavy atom. The molecule has 1 saturated heterocycles. The number of amides is 1. The summed E-state index contributed by atoms with van der Waals surface area (Å²) >= 11 is 6.11. The Hall–Kier alpha value is -0.920. The standard InChI is InChI=1S/C17H25ClFNO5/c18-12-2-1-3-13(19)11(12)7-17(22)23-8-16(21)20-10-4-5-14-15(6-10)25-9-24-14/h10-15H,1-9H2,(H,20,21). The highest BCUT2D eigenvalue weighted by molar-refractivity contribution is 6.21. The first-order valence-electron chi connectivity index (χ1n) is 8.99. The third kappa shape index (κ3) is 5.05. The number of hydrogen-bond donors (Lipinski definition) is 1. The monoisotopic (exact) mass is 377 g/mol.